The fourth-order valence-electron chi connectivity index (χ4n) is 4.22. The topological polar surface area (TPSA) is 82.4 Å². The number of hydrogen-bond acceptors (Lipinski definition) is 4. The largest absolute Gasteiger partial charge is 0.495 e. The average Bonchev–Trinajstić information content (AvgIpc) is 3.22. The van der Waals surface area contributed by atoms with Gasteiger partial charge in [0.05, 0.1) is 12.7 Å². The molecular formula is C26H31N3O3. The lowest BCUT2D eigenvalue weighted by Gasteiger charge is -2.27. The monoisotopic (exact) mass is 433 g/mol. The number of aryl methyl sites for hydroxylation is 1. The first-order valence-corrected chi connectivity index (χ1v) is 11.1. The first-order valence-electron chi connectivity index (χ1n) is 11.1. The third-order valence-electron chi connectivity index (χ3n) is 6.08. The van der Waals surface area contributed by atoms with E-state index in [9.17, 15) is 9.59 Å². The molecule has 0 spiro atoms. The van der Waals surface area contributed by atoms with Gasteiger partial charge in [-0.1, -0.05) is 50.2 Å². The van der Waals surface area contributed by atoms with Gasteiger partial charge < -0.3 is 15.0 Å². The van der Waals surface area contributed by atoms with Crippen LogP contribution in [0.15, 0.2) is 48.5 Å². The molecule has 6 heteroatoms. The van der Waals surface area contributed by atoms with Crippen molar-refractivity contribution in [2.24, 2.45) is 11.8 Å². The highest BCUT2D eigenvalue weighted by molar-refractivity contribution is 5.89. The molecular weight excluding hydrogens is 402 g/mol. The minimum Gasteiger partial charge on any atom is -0.495 e. The van der Waals surface area contributed by atoms with Gasteiger partial charge in [-0.05, 0) is 48.4 Å². The van der Waals surface area contributed by atoms with Gasteiger partial charge in [-0.25, -0.2) is 0 Å². The van der Waals surface area contributed by atoms with E-state index in [1.165, 1.54) is 12.7 Å². The molecule has 3 rings (SSSR count). The summed E-state index contributed by atoms with van der Waals surface area (Å²) in [6, 6.07) is 17.0. The van der Waals surface area contributed by atoms with Gasteiger partial charge in [0, 0.05) is 19.0 Å². The van der Waals surface area contributed by atoms with Gasteiger partial charge in [0.15, 0.2) is 0 Å². The van der Waals surface area contributed by atoms with Gasteiger partial charge in [0.25, 0.3) is 0 Å². The van der Waals surface area contributed by atoms with Crippen LogP contribution in [0.25, 0.3) is 0 Å². The number of ether oxygens (including phenoxy) is 1. The summed E-state index contributed by atoms with van der Waals surface area (Å²) in [5.41, 5.74) is 2.51. The summed E-state index contributed by atoms with van der Waals surface area (Å²) in [6.07, 6.45) is 2.27. The van der Waals surface area contributed by atoms with Crippen molar-refractivity contribution < 1.29 is 14.3 Å². The van der Waals surface area contributed by atoms with Crippen LogP contribution in [0.3, 0.4) is 0 Å². The average molecular weight is 434 g/mol. The normalized spacial score (nSPS) is 18.6. The number of amides is 2. The number of hydrogen-bond donors (Lipinski definition) is 1. The van der Waals surface area contributed by atoms with Crippen LogP contribution in [-0.4, -0.2) is 36.4 Å². The van der Waals surface area contributed by atoms with E-state index < -0.39 is 6.04 Å². The Kier molecular flexibility index (Phi) is 7.88. The second-order valence-electron chi connectivity index (χ2n) is 8.64. The smallest absolute Gasteiger partial charge is 0.243 e. The van der Waals surface area contributed by atoms with Gasteiger partial charge in [0.2, 0.25) is 11.8 Å². The Morgan fingerprint density at radius 3 is 2.66 bits per heavy atom. The lowest BCUT2D eigenvalue weighted by atomic mass is 9.99. The predicted molar refractivity (Wildman–Crippen MR) is 123 cm³/mol. The summed E-state index contributed by atoms with van der Waals surface area (Å²) in [6.45, 7) is 4.95. The summed E-state index contributed by atoms with van der Waals surface area (Å²) in [7, 11) is 1.51. The number of nitrogens with one attached hydrogen (secondary N) is 1. The molecule has 0 aliphatic carbocycles. The Hall–Kier alpha value is -3.33. The molecule has 2 amide bonds. The first-order chi connectivity index (χ1) is 15.4. The van der Waals surface area contributed by atoms with E-state index in [0.29, 0.717) is 30.8 Å². The van der Waals surface area contributed by atoms with E-state index in [-0.39, 0.29) is 23.7 Å². The van der Waals surface area contributed by atoms with Crippen molar-refractivity contribution in [1.82, 2.24) is 10.2 Å². The van der Waals surface area contributed by atoms with Crippen LogP contribution in [0.2, 0.25) is 0 Å². The second-order valence-corrected chi connectivity index (χ2v) is 8.64. The number of carbonyl (C=O) groups is 2. The molecule has 168 valence electrons. The van der Waals surface area contributed by atoms with Crippen LogP contribution in [0, 0.1) is 23.2 Å². The zero-order chi connectivity index (χ0) is 23.1. The first kappa shape index (κ1) is 23.3. The Labute approximate surface area is 190 Å². The molecule has 0 bridgehead atoms. The van der Waals surface area contributed by atoms with Crippen molar-refractivity contribution >= 4 is 11.8 Å². The molecule has 32 heavy (non-hydrogen) atoms. The van der Waals surface area contributed by atoms with Gasteiger partial charge >= 0.3 is 0 Å². The summed E-state index contributed by atoms with van der Waals surface area (Å²) in [5.74, 6) is 0.536. The van der Waals surface area contributed by atoms with Gasteiger partial charge in [-0.3, -0.25) is 9.59 Å². The number of methoxy groups -OCH3 is 1. The summed E-state index contributed by atoms with van der Waals surface area (Å²) in [5, 5.41) is 12.1. The van der Waals surface area contributed by atoms with E-state index in [2.05, 4.69) is 30.4 Å². The van der Waals surface area contributed by atoms with Crippen molar-refractivity contribution in [2.75, 3.05) is 13.7 Å². The standard InChI is InChI=1S/C26H31N3O3/c1-18-13-23(25(30)28-16-21-11-12-22(15-27)24(14-21)32-3)29(17-18)26(31)19(2)9-10-20-7-5-4-6-8-20/h4-8,11-12,14,18-19,23H,9-10,13,16-17H2,1-3H3,(H,28,30)/t18-,19-,23+/m1/s1. The lowest BCUT2D eigenvalue weighted by Crippen LogP contribution is -2.47. The highest BCUT2D eigenvalue weighted by Gasteiger charge is 2.38. The van der Waals surface area contributed by atoms with Crippen LogP contribution < -0.4 is 10.1 Å². The number of benzene rings is 2. The summed E-state index contributed by atoms with van der Waals surface area (Å²) in [4.78, 5) is 27.9. The molecule has 1 aliphatic rings. The molecule has 2 aromatic rings. The second kappa shape index (κ2) is 10.8. The highest BCUT2D eigenvalue weighted by atomic mass is 16.5. The fourth-order valence-corrected chi connectivity index (χ4v) is 4.22. The molecule has 0 unspecified atom stereocenters. The molecule has 1 N–H and O–H groups in total. The van der Waals surface area contributed by atoms with E-state index in [0.717, 1.165) is 18.4 Å². The zero-order valence-corrected chi connectivity index (χ0v) is 19.0. The Morgan fingerprint density at radius 1 is 1.22 bits per heavy atom. The molecule has 3 atom stereocenters. The van der Waals surface area contributed by atoms with Gasteiger partial charge in [-0.2, -0.15) is 5.26 Å². The van der Waals surface area contributed by atoms with Crippen molar-refractivity contribution in [3.63, 3.8) is 0 Å². The van der Waals surface area contributed by atoms with Crippen molar-refractivity contribution in [1.29, 1.82) is 5.26 Å². The van der Waals surface area contributed by atoms with Crippen molar-refractivity contribution in [3.05, 3.63) is 65.2 Å². The van der Waals surface area contributed by atoms with E-state index >= 15 is 0 Å². The van der Waals surface area contributed by atoms with E-state index in [1.807, 2.05) is 25.1 Å². The number of rotatable bonds is 8. The van der Waals surface area contributed by atoms with Crippen molar-refractivity contribution in [3.8, 4) is 11.8 Å². The third kappa shape index (κ3) is 5.67. The SMILES string of the molecule is COc1cc(CNC(=O)[C@@H]2C[C@@H](C)CN2C(=O)[C@H](C)CCc2ccccc2)ccc1C#N. The quantitative estimate of drug-likeness (QED) is 0.688. The van der Waals surface area contributed by atoms with Crippen LogP contribution in [0.4, 0.5) is 0 Å². The minimum absolute atomic E-state index is 0.0467. The van der Waals surface area contributed by atoms with E-state index in [1.54, 1.807) is 23.1 Å². The molecule has 0 radical (unpaired) electrons. The Morgan fingerprint density at radius 2 is 1.97 bits per heavy atom. The van der Waals surface area contributed by atoms with E-state index in [4.69, 9.17) is 10.00 Å². The third-order valence-corrected chi connectivity index (χ3v) is 6.08. The summed E-state index contributed by atoms with van der Waals surface area (Å²) >= 11 is 0. The molecule has 0 saturated carbocycles. The predicted octanol–water partition coefficient (Wildman–Crippen LogP) is 3.69. The number of nitriles is 1. The fraction of sp³-hybridized carbons (Fsp3) is 0.423. The molecule has 0 aromatic heterocycles. The van der Waals surface area contributed by atoms with Crippen LogP contribution in [0.5, 0.6) is 5.75 Å². The molecule has 1 aliphatic heterocycles. The van der Waals surface area contributed by atoms with Gasteiger partial charge in [-0.15, -0.1) is 0 Å². The number of nitrogens with zero attached hydrogens (tertiary/aromatic N) is 2. The minimum atomic E-state index is -0.447. The maximum Gasteiger partial charge on any atom is 0.243 e. The van der Waals surface area contributed by atoms with Crippen LogP contribution >= 0.6 is 0 Å². The molecule has 1 saturated heterocycles. The molecule has 6 nitrogen and oxygen atoms in total. The number of likely N-dealkylation sites (tertiary alicyclic amines) is 1. The Balaban J connectivity index is 1.60. The molecule has 1 heterocycles. The Bertz CT molecular complexity index is 984. The van der Waals surface area contributed by atoms with Crippen molar-refractivity contribution in [2.45, 2.75) is 45.7 Å². The summed E-state index contributed by atoms with van der Waals surface area (Å²) < 4.78 is 5.24. The maximum absolute atomic E-state index is 13.2. The molecule has 2 aromatic carbocycles. The number of carbonyl (C=O) groups excluding carboxylic acids is 2. The van der Waals surface area contributed by atoms with Crippen LogP contribution in [0.1, 0.15) is 43.4 Å². The molecule has 1 fully saturated rings. The lowest BCUT2D eigenvalue weighted by molar-refractivity contribution is -0.141. The maximum atomic E-state index is 13.2. The van der Waals surface area contributed by atoms with Gasteiger partial charge in [0.1, 0.15) is 17.9 Å². The highest BCUT2D eigenvalue weighted by Crippen LogP contribution is 2.26. The zero-order valence-electron chi connectivity index (χ0n) is 19.0. The van der Waals surface area contributed by atoms with Crippen LogP contribution in [-0.2, 0) is 22.6 Å².